The number of sulfonamides is 1. The van der Waals surface area contributed by atoms with Crippen LogP contribution in [0.15, 0.2) is 52.1 Å². The molecule has 1 aliphatic rings. The molecule has 1 fully saturated rings. The van der Waals surface area contributed by atoms with E-state index >= 15 is 0 Å². The molecule has 1 aromatic heterocycles. The van der Waals surface area contributed by atoms with Crippen LogP contribution in [0.1, 0.15) is 18.4 Å². The molecule has 1 unspecified atom stereocenters. The summed E-state index contributed by atoms with van der Waals surface area (Å²) in [5.74, 6) is 0. The average Bonchev–Trinajstić information content (AvgIpc) is 3.12. The van der Waals surface area contributed by atoms with E-state index in [0.717, 1.165) is 28.6 Å². The van der Waals surface area contributed by atoms with Gasteiger partial charge in [-0.25, -0.2) is 13.1 Å². The molecule has 0 radical (unpaired) electrons. The van der Waals surface area contributed by atoms with Crippen molar-refractivity contribution in [3.8, 4) is 0 Å². The van der Waals surface area contributed by atoms with Gasteiger partial charge in [0.15, 0.2) is 0 Å². The fraction of sp³-hybridized carbons (Fsp3) is 0.353. The molecule has 1 saturated heterocycles. The quantitative estimate of drug-likeness (QED) is 0.712. The average molecular weight is 426 g/mol. The minimum Gasteiger partial charge on any atom is -0.380 e. The van der Waals surface area contributed by atoms with Crippen LogP contribution in [0, 0.1) is 0 Å². The Labute approximate surface area is 156 Å². The maximum absolute atomic E-state index is 12.3. The fourth-order valence-electron chi connectivity index (χ4n) is 2.59. The van der Waals surface area contributed by atoms with E-state index in [1.807, 2.05) is 6.07 Å². The van der Waals surface area contributed by atoms with E-state index in [4.69, 9.17) is 4.74 Å². The van der Waals surface area contributed by atoms with Crippen molar-refractivity contribution < 1.29 is 13.2 Å². The summed E-state index contributed by atoms with van der Waals surface area (Å²) >= 11 is 3.37. The lowest BCUT2D eigenvalue weighted by molar-refractivity contribution is 0.114. The van der Waals surface area contributed by atoms with E-state index in [1.165, 1.54) is 0 Å². The zero-order valence-electron chi connectivity index (χ0n) is 13.6. The number of pyridine rings is 1. The van der Waals surface area contributed by atoms with Gasteiger partial charge in [-0.05, 0) is 52.5 Å². The SMILES string of the molecule is O=S(=O)(NCC1CCCO1)c1ccc(CNc2cncc(Br)c2)cc1. The molecule has 0 aliphatic carbocycles. The largest absolute Gasteiger partial charge is 0.380 e. The van der Waals surface area contributed by atoms with Crippen molar-refractivity contribution in [3.05, 3.63) is 52.8 Å². The van der Waals surface area contributed by atoms with Crippen LogP contribution in [-0.2, 0) is 21.3 Å². The Morgan fingerprint density at radius 2 is 2.04 bits per heavy atom. The molecule has 2 heterocycles. The van der Waals surface area contributed by atoms with Gasteiger partial charge >= 0.3 is 0 Å². The van der Waals surface area contributed by atoms with E-state index in [-0.39, 0.29) is 11.0 Å². The summed E-state index contributed by atoms with van der Waals surface area (Å²) in [6.07, 6.45) is 5.32. The van der Waals surface area contributed by atoms with Crippen molar-refractivity contribution >= 4 is 31.6 Å². The summed E-state index contributed by atoms with van der Waals surface area (Å²) in [6, 6.07) is 8.78. The number of nitrogens with zero attached hydrogens (tertiary/aromatic N) is 1. The predicted octanol–water partition coefficient (Wildman–Crippen LogP) is 2.91. The van der Waals surface area contributed by atoms with Crippen molar-refractivity contribution in [1.29, 1.82) is 0 Å². The summed E-state index contributed by atoms with van der Waals surface area (Å²) < 4.78 is 33.6. The molecule has 0 bridgehead atoms. The van der Waals surface area contributed by atoms with E-state index in [2.05, 4.69) is 31.0 Å². The van der Waals surface area contributed by atoms with Gasteiger partial charge in [0.05, 0.1) is 22.9 Å². The minimum absolute atomic E-state index is 0.0166. The first-order valence-corrected chi connectivity index (χ1v) is 10.4. The number of rotatable bonds is 7. The third-order valence-corrected chi connectivity index (χ3v) is 5.83. The van der Waals surface area contributed by atoms with Gasteiger partial charge < -0.3 is 10.1 Å². The standard InChI is InChI=1S/C17H20BrN3O3S/c18-14-8-15(11-19-10-14)20-9-13-3-5-17(6-4-13)25(22,23)21-12-16-2-1-7-24-16/h3-6,8,10-11,16,20-21H,1-2,7,9,12H2. The van der Waals surface area contributed by atoms with E-state index in [1.54, 1.807) is 36.7 Å². The van der Waals surface area contributed by atoms with Gasteiger partial charge in [-0.15, -0.1) is 0 Å². The van der Waals surface area contributed by atoms with Gasteiger partial charge in [0.25, 0.3) is 0 Å². The molecule has 3 rings (SSSR count). The lowest BCUT2D eigenvalue weighted by atomic mass is 10.2. The van der Waals surface area contributed by atoms with E-state index in [9.17, 15) is 8.42 Å². The molecule has 2 N–H and O–H groups in total. The minimum atomic E-state index is -3.50. The molecule has 0 saturated carbocycles. The van der Waals surface area contributed by atoms with Crippen LogP contribution in [0.2, 0.25) is 0 Å². The van der Waals surface area contributed by atoms with Crippen LogP contribution in [0.25, 0.3) is 0 Å². The zero-order valence-corrected chi connectivity index (χ0v) is 16.0. The normalized spacial score (nSPS) is 17.6. The van der Waals surface area contributed by atoms with Gasteiger partial charge in [-0.3, -0.25) is 4.98 Å². The molecule has 8 heteroatoms. The lowest BCUT2D eigenvalue weighted by Crippen LogP contribution is -2.31. The first kappa shape index (κ1) is 18.3. The Kier molecular flexibility index (Phi) is 6.06. The molecule has 2 aromatic rings. The van der Waals surface area contributed by atoms with Crippen LogP contribution in [-0.4, -0.2) is 32.7 Å². The number of hydrogen-bond acceptors (Lipinski definition) is 5. The van der Waals surface area contributed by atoms with Crippen LogP contribution >= 0.6 is 15.9 Å². The number of anilines is 1. The van der Waals surface area contributed by atoms with Gasteiger partial charge in [-0.1, -0.05) is 12.1 Å². The van der Waals surface area contributed by atoms with E-state index in [0.29, 0.717) is 19.7 Å². The summed E-state index contributed by atoms with van der Waals surface area (Å²) in [6.45, 7) is 1.62. The highest BCUT2D eigenvalue weighted by atomic mass is 79.9. The zero-order chi connectivity index (χ0) is 17.7. The number of nitrogens with one attached hydrogen (secondary N) is 2. The van der Waals surface area contributed by atoms with Crippen molar-refractivity contribution in [3.63, 3.8) is 0 Å². The molecule has 1 aromatic carbocycles. The highest BCUT2D eigenvalue weighted by Crippen LogP contribution is 2.16. The maximum Gasteiger partial charge on any atom is 0.240 e. The molecule has 134 valence electrons. The number of ether oxygens (including phenoxy) is 1. The van der Waals surface area contributed by atoms with Gasteiger partial charge in [0.2, 0.25) is 10.0 Å². The fourth-order valence-corrected chi connectivity index (χ4v) is 4.02. The van der Waals surface area contributed by atoms with E-state index < -0.39 is 10.0 Å². The molecule has 1 atom stereocenters. The summed E-state index contributed by atoms with van der Waals surface area (Å²) in [5, 5.41) is 3.25. The predicted molar refractivity (Wildman–Crippen MR) is 99.9 cm³/mol. The monoisotopic (exact) mass is 425 g/mol. The summed E-state index contributed by atoms with van der Waals surface area (Å²) in [4.78, 5) is 4.35. The first-order chi connectivity index (χ1) is 12.0. The third-order valence-electron chi connectivity index (χ3n) is 3.96. The Morgan fingerprint density at radius 1 is 1.24 bits per heavy atom. The smallest absolute Gasteiger partial charge is 0.240 e. The van der Waals surface area contributed by atoms with Crippen LogP contribution < -0.4 is 10.0 Å². The molecule has 6 nitrogen and oxygen atoms in total. The molecule has 0 amide bonds. The van der Waals surface area contributed by atoms with Gasteiger partial charge in [0, 0.05) is 30.4 Å². The molecule has 1 aliphatic heterocycles. The second-order valence-corrected chi connectivity index (χ2v) is 8.56. The highest BCUT2D eigenvalue weighted by molar-refractivity contribution is 9.10. The Hall–Kier alpha value is -1.48. The molecular formula is C17H20BrN3O3S. The van der Waals surface area contributed by atoms with Crippen LogP contribution in [0.3, 0.4) is 0 Å². The van der Waals surface area contributed by atoms with Gasteiger partial charge in [0.1, 0.15) is 0 Å². The van der Waals surface area contributed by atoms with Crippen molar-refractivity contribution in [1.82, 2.24) is 9.71 Å². The number of hydrogen-bond donors (Lipinski definition) is 2. The van der Waals surface area contributed by atoms with Crippen molar-refractivity contribution in [2.24, 2.45) is 0 Å². The van der Waals surface area contributed by atoms with Crippen LogP contribution in [0.4, 0.5) is 5.69 Å². The summed E-state index contributed by atoms with van der Waals surface area (Å²) in [5.41, 5.74) is 1.88. The topological polar surface area (TPSA) is 80.3 Å². The number of aromatic nitrogens is 1. The Morgan fingerprint density at radius 3 is 2.72 bits per heavy atom. The summed E-state index contributed by atoms with van der Waals surface area (Å²) in [7, 11) is -3.50. The number of benzene rings is 1. The third kappa shape index (κ3) is 5.24. The van der Waals surface area contributed by atoms with Crippen molar-refractivity contribution in [2.45, 2.75) is 30.4 Å². The second kappa shape index (κ2) is 8.27. The first-order valence-electron chi connectivity index (χ1n) is 8.07. The Bertz CT molecular complexity index is 806. The second-order valence-electron chi connectivity index (χ2n) is 5.88. The van der Waals surface area contributed by atoms with Gasteiger partial charge in [-0.2, -0.15) is 0 Å². The van der Waals surface area contributed by atoms with Crippen molar-refractivity contribution in [2.75, 3.05) is 18.5 Å². The molecule has 25 heavy (non-hydrogen) atoms. The van der Waals surface area contributed by atoms with Crippen LogP contribution in [0.5, 0.6) is 0 Å². The molecular weight excluding hydrogens is 406 g/mol. The lowest BCUT2D eigenvalue weighted by Gasteiger charge is -2.12. The Balaban J connectivity index is 1.57. The maximum atomic E-state index is 12.3. The molecule has 0 spiro atoms. The highest BCUT2D eigenvalue weighted by Gasteiger charge is 2.20. The number of halogens is 1.